The summed E-state index contributed by atoms with van der Waals surface area (Å²) in [6, 6.07) is 5.07. The van der Waals surface area contributed by atoms with Gasteiger partial charge in [0.25, 0.3) is 5.91 Å². The molecule has 0 spiro atoms. The highest BCUT2D eigenvalue weighted by Gasteiger charge is 2.28. The lowest BCUT2D eigenvalue weighted by Gasteiger charge is -2.25. The Hall–Kier alpha value is -1.88. The maximum Gasteiger partial charge on any atom is 0.256 e. The molecule has 0 aliphatic carbocycles. The molecular formula is C12H11ClN2O3. The molecule has 1 N–H and O–H groups in total. The molecule has 0 bridgehead atoms. The van der Waals surface area contributed by atoms with Gasteiger partial charge in [-0.1, -0.05) is 23.7 Å². The predicted octanol–water partition coefficient (Wildman–Crippen LogP) is 0.747. The van der Waals surface area contributed by atoms with Crippen LogP contribution in [-0.4, -0.2) is 35.7 Å². The van der Waals surface area contributed by atoms with E-state index in [0.29, 0.717) is 10.6 Å². The van der Waals surface area contributed by atoms with Crippen molar-refractivity contribution in [3.8, 4) is 0 Å². The standard InChI is InChI=1S/C12H11ClN2O3/c1-7-3-2-4-8(11(7)13)12(18)15-5-9(16)14-10(17)6-15/h2-4H,5-6H2,1H3,(H,14,16,17). The Morgan fingerprint density at radius 1 is 1.28 bits per heavy atom. The maximum absolute atomic E-state index is 12.2. The number of carbonyl (C=O) groups is 3. The number of amides is 3. The molecule has 2 rings (SSSR count). The van der Waals surface area contributed by atoms with Gasteiger partial charge in [0.1, 0.15) is 13.1 Å². The third-order valence-corrected chi connectivity index (χ3v) is 3.16. The Morgan fingerprint density at radius 3 is 2.50 bits per heavy atom. The number of benzene rings is 1. The van der Waals surface area contributed by atoms with Crippen LogP contribution >= 0.6 is 11.6 Å². The highest BCUT2D eigenvalue weighted by atomic mass is 35.5. The van der Waals surface area contributed by atoms with Crippen LogP contribution in [0, 0.1) is 6.92 Å². The zero-order valence-electron chi connectivity index (χ0n) is 9.70. The van der Waals surface area contributed by atoms with Gasteiger partial charge in [0.15, 0.2) is 0 Å². The van der Waals surface area contributed by atoms with Gasteiger partial charge in [-0.3, -0.25) is 19.7 Å². The summed E-state index contributed by atoms with van der Waals surface area (Å²) in [6.45, 7) is 1.52. The van der Waals surface area contributed by atoms with Crippen molar-refractivity contribution in [3.63, 3.8) is 0 Å². The van der Waals surface area contributed by atoms with E-state index < -0.39 is 17.7 Å². The topological polar surface area (TPSA) is 66.5 Å². The van der Waals surface area contributed by atoms with Gasteiger partial charge in [0, 0.05) is 0 Å². The molecule has 1 aromatic rings. The summed E-state index contributed by atoms with van der Waals surface area (Å²) in [7, 11) is 0. The Morgan fingerprint density at radius 2 is 1.89 bits per heavy atom. The van der Waals surface area contributed by atoms with Crippen LogP contribution in [0.4, 0.5) is 0 Å². The van der Waals surface area contributed by atoms with Gasteiger partial charge in [-0.05, 0) is 18.6 Å². The summed E-state index contributed by atoms with van der Waals surface area (Å²) in [5.41, 5.74) is 1.08. The molecule has 0 radical (unpaired) electrons. The fourth-order valence-corrected chi connectivity index (χ4v) is 1.97. The van der Waals surface area contributed by atoms with E-state index >= 15 is 0 Å². The Bertz CT molecular complexity index is 526. The number of halogens is 1. The van der Waals surface area contributed by atoms with Crippen molar-refractivity contribution in [2.24, 2.45) is 0 Å². The van der Waals surface area contributed by atoms with E-state index in [-0.39, 0.29) is 13.1 Å². The molecule has 1 heterocycles. The van der Waals surface area contributed by atoms with E-state index in [2.05, 4.69) is 5.32 Å². The smallest absolute Gasteiger partial charge is 0.256 e. The number of nitrogens with zero attached hydrogens (tertiary/aromatic N) is 1. The first-order chi connectivity index (χ1) is 8.49. The normalized spacial score (nSPS) is 15.6. The van der Waals surface area contributed by atoms with Gasteiger partial charge in [-0.25, -0.2) is 0 Å². The van der Waals surface area contributed by atoms with Crippen molar-refractivity contribution in [3.05, 3.63) is 34.3 Å². The second-order valence-corrected chi connectivity index (χ2v) is 4.45. The molecule has 1 saturated heterocycles. The first kappa shape index (κ1) is 12.6. The van der Waals surface area contributed by atoms with E-state index in [4.69, 9.17) is 11.6 Å². The van der Waals surface area contributed by atoms with E-state index in [9.17, 15) is 14.4 Å². The molecule has 0 unspecified atom stereocenters. The summed E-state index contributed by atoms with van der Waals surface area (Å²) in [4.78, 5) is 35.8. The van der Waals surface area contributed by atoms with Gasteiger partial charge in [-0.2, -0.15) is 0 Å². The minimum Gasteiger partial charge on any atom is -0.320 e. The lowest BCUT2D eigenvalue weighted by Crippen LogP contribution is -2.53. The molecule has 0 aromatic heterocycles. The average molecular weight is 267 g/mol. The van der Waals surface area contributed by atoms with Crippen LogP contribution in [0.5, 0.6) is 0 Å². The number of aryl methyl sites for hydroxylation is 1. The third-order valence-electron chi connectivity index (χ3n) is 2.66. The van der Waals surface area contributed by atoms with E-state index in [0.717, 1.165) is 5.56 Å². The number of nitrogens with one attached hydrogen (secondary N) is 1. The lowest BCUT2D eigenvalue weighted by molar-refractivity contribution is -0.135. The molecule has 1 fully saturated rings. The molecule has 1 aromatic carbocycles. The lowest BCUT2D eigenvalue weighted by atomic mass is 10.1. The summed E-state index contributed by atoms with van der Waals surface area (Å²) >= 11 is 6.05. The largest absolute Gasteiger partial charge is 0.320 e. The minimum absolute atomic E-state index is 0.130. The summed E-state index contributed by atoms with van der Waals surface area (Å²) in [6.07, 6.45) is 0. The zero-order valence-corrected chi connectivity index (χ0v) is 10.5. The number of hydrogen-bond donors (Lipinski definition) is 1. The number of carbonyl (C=O) groups excluding carboxylic acids is 3. The summed E-state index contributed by atoms with van der Waals surface area (Å²) in [5.74, 6) is -1.38. The Balaban J connectivity index is 2.28. The fraction of sp³-hybridized carbons (Fsp3) is 0.250. The van der Waals surface area contributed by atoms with E-state index in [1.807, 2.05) is 0 Å². The molecule has 94 valence electrons. The first-order valence-electron chi connectivity index (χ1n) is 5.36. The van der Waals surface area contributed by atoms with Crippen LogP contribution in [0.15, 0.2) is 18.2 Å². The highest BCUT2D eigenvalue weighted by Crippen LogP contribution is 2.22. The van der Waals surface area contributed by atoms with Gasteiger partial charge in [0.2, 0.25) is 11.8 Å². The molecule has 6 heteroatoms. The number of piperazine rings is 1. The van der Waals surface area contributed by atoms with Crippen LogP contribution in [0.25, 0.3) is 0 Å². The molecule has 3 amide bonds. The maximum atomic E-state index is 12.2. The SMILES string of the molecule is Cc1cccc(C(=O)N2CC(=O)NC(=O)C2)c1Cl. The summed E-state index contributed by atoms with van der Waals surface area (Å²) < 4.78 is 0. The zero-order chi connectivity index (χ0) is 13.3. The van der Waals surface area contributed by atoms with Crippen molar-refractivity contribution in [2.75, 3.05) is 13.1 Å². The monoisotopic (exact) mass is 266 g/mol. The first-order valence-corrected chi connectivity index (χ1v) is 5.74. The predicted molar refractivity (Wildman–Crippen MR) is 65.2 cm³/mol. The van der Waals surface area contributed by atoms with Crippen LogP contribution in [0.1, 0.15) is 15.9 Å². The Kier molecular flexibility index (Phi) is 3.34. The summed E-state index contributed by atoms with van der Waals surface area (Å²) in [5, 5.41) is 2.48. The van der Waals surface area contributed by atoms with Crippen LogP contribution in [0.2, 0.25) is 5.02 Å². The Labute approximate surface area is 109 Å². The second-order valence-electron chi connectivity index (χ2n) is 4.07. The van der Waals surface area contributed by atoms with E-state index in [1.165, 1.54) is 4.90 Å². The molecule has 0 saturated carbocycles. The van der Waals surface area contributed by atoms with E-state index in [1.54, 1.807) is 25.1 Å². The molecule has 0 atom stereocenters. The molecule has 1 aliphatic heterocycles. The van der Waals surface area contributed by atoms with Crippen molar-refractivity contribution in [2.45, 2.75) is 6.92 Å². The number of imide groups is 1. The molecule has 5 nitrogen and oxygen atoms in total. The third kappa shape index (κ3) is 2.36. The van der Waals surface area contributed by atoms with Gasteiger partial charge in [0.05, 0.1) is 10.6 Å². The van der Waals surface area contributed by atoms with Crippen molar-refractivity contribution in [1.82, 2.24) is 10.2 Å². The van der Waals surface area contributed by atoms with Crippen LogP contribution < -0.4 is 5.32 Å². The van der Waals surface area contributed by atoms with Gasteiger partial charge < -0.3 is 4.90 Å². The minimum atomic E-state index is -0.483. The average Bonchev–Trinajstić information content (AvgIpc) is 2.30. The van der Waals surface area contributed by atoms with Gasteiger partial charge in [-0.15, -0.1) is 0 Å². The van der Waals surface area contributed by atoms with Crippen molar-refractivity contribution in [1.29, 1.82) is 0 Å². The van der Waals surface area contributed by atoms with Gasteiger partial charge >= 0.3 is 0 Å². The fourth-order valence-electron chi connectivity index (χ4n) is 1.76. The molecule has 1 aliphatic rings. The quantitative estimate of drug-likeness (QED) is 0.763. The van der Waals surface area contributed by atoms with Crippen molar-refractivity contribution >= 4 is 29.3 Å². The number of rotatable bonds is 1. The van der Waals surface area contributed by atoms with Crippen LogP contribution in [-0.2, 0) is 9.59 Å². The number of hydrogen-bond acceptors (Lipinski definition) is 3. The second kappa shape index (κ2) is 4.78. The highest BCUT2D eigenvalue weighted by molar-refractivity contribution is 6.34. The van der Waals surface area contributed by atoms with Crippen LogP contribution in [0.3, 0.4) is 0 Å². The molecular weight excluding hydrogens is 256 g/mol. The molecule has 18 heavy (non-hydrogen) atoms. The van der Waals surface area contributed by atoms with Crippen molar-refractivity contribution < 1.29 is 14.4 Å².